The van der Waals surface area contributed by atoms with Gasteiger partial charge in [-0.15, -0.1) is 0 Å². The van der Waals surface area contributed by atoms with Crippen molar-refractivity contribution in [2.24, 2.45) is 0 Å². The maximum atomic E-state index is 12.6. The minimum atomic E-state index is -1.04. The Hall–Kier alpha value is -2.70. The SMILES string of the molecule is CCC(C)N(CC(=O)O)C(=O)c1cc(-n2cccn2)ccn1. The molecule has 0 aliphatic heterocycles. The summed E-state index contributed by atoms with van der Waals surface area (Å²) in [5.41, 5.74) is 0.900. The van der Waals surface area contributed by atoms with Gasteiger partial charge in [0.15, 0.2) is 0 Å². The number of rotatable bonds is 6. The second-order valence-electron chi connectivity index (χ2n) is 4.93. The van der Waals surface area contributed by atoms with Gasteiger partial charge in [0, 0.05) is 24.6 Å². The Bertz CT molecular complexity index is 655. The van der Waals surface area contributed by atoms with Gasteiger partial charge in [-0.3, -0.25) is 14.6 Å². The highest BCUT2D eigenvalue weighted by atomic mass is 16.4. The lowest BCUT2D eigenvalue weighted by atomic mass is 10.2. The lowest BCUT2D eigenvalue weighted by Gasteiger charge is -2.26. The number of hydrogen-bond donors (Lipinski definition) is 1. The molecule has 0 aromatic carbocycles. The summed E-state index contributed by atoms with van der Waals surface area (Å²) in [6, 6.07) is 4.93. The smallest absolute Gasteiger partial charge is 0.323 e. The number of aliphatic carboxylic acids is 1. The molecule has 2 heterocycles. The maximum absolute atomic E-state index is 12.6. The van der Waals surface area contributed by atoms with Crippen molar-refractivity contribution in [3.8, 4) is 5.69 Å². The third-order valence-electron chi connectivity index (χ3n) is 3.42. The first-order valence-corrected chi connectivity index (χ1v) is 7.01. The van der Waals surface area contributed by atoms with Gasteiger partial charge < -0.3 is 10.0 Å². The largest absolute Gasteiger partial charge is 0.480 e. The summed E-state index contributed by atoms with van der Waals surface area (Å²) in [7, 11) is 0. The number of pyridine rings is 1. The molecule has 1 amide bonds. The van der Waals surface area contributed by atoms with E-state index >= 15 is 0 Å². The predicted octanol–water partition coefficient (Wildman–Crippen LogP) is 1.59. The third-order valence-corrected chi connectivity index (χ3v) is 3.42. The van der Waals surface area contributed by atoms with Crippen LogP contribution < -0.4 is 0 Å². The number of carbonyl (C=O) groups is 2. The zero-order valence-electron chi connectivity index (χ0n) is 12.5. The van der Waals surface area contributed by atoms with Crippen LogP contribution >= 0.6 is 0 Å². The summed E-state index contributed by atoms with van der Waals surface area (Å²) < 4.78 is 1.61. The van der Waals surface area contributed by atoms with Crippen LogP contribution in [-0.4, -0.2) is 49.2 Å². The second-order valence-corrected chi connectivity index (χ2v) is 4.93. The van der Waals surface area contributed by atoms with E-state index in [9.17, 15) is 9.59 Å². The molecule has 0 saturated heterocycles. The van der Waals surface area contributed by atoms with Crippen LogP contribution in [0.5, 0.6) is 0 Å². The van der Waals surface area contributed by atoms with Gasteiger partial charge in [-0.05, 0) is 31.5 Å². The van der Waals surface area contributed by atoms with E-state index in [0.29, 0.717) is 12.1 Å². The molecule has 7 heteroatoms. The lowest BCUT2D eigenvalue weighted by molar-refractivity contribution is -0.138. The first-order chi connectivity index (χ1) is 10.5. The van der Waals surface area contributed by atoms with Crippen LogP contribution in [0.4, 0.5) is 0 Å². The van der Waals surface area contributed by atoms with Crippen LogP contribution in [0.25, 0.3) is 5.69 Å². The monoisotopic (exact) mass is 302 g/mol. The Labute approximate surface area is 128 Å². The van der Waals surface area contributed by atoms with Crippen molar-refractivity contribution in [2.75, 3.05) is 6.54 Å². The van der Waals surface area contributed by atoms with Gasteiger partial charge in [-0.1, -0.05) is 6.92 Å². The highest BCUT2D eigenvalue weighted by Crippen LogP contribution is 2.12. The number of carboxylic acids is 1. The van der Waals surface area contributed by atoms with Crippen LogP contribution in [0.3, 0.4) is 0 Å². The van der Waals surface area contributed by atoms with Crippen molar-refractivity contribution in [3.63, 3.8) is 0 Å². The van der Waals surface area contributed by atoms with E-state index in [4.69, 9.17) is 5.11 Å². The fourth-order valence-electron chi connectivity index (χ4n) is 2.04. The molecule has 2 aromatic rings. The highest BCUT2D eigenvalue weighted by molar-refractivity contribution is 5.94. The number of amides is 1. The van der Waals surface area contributed by atoms with E-state index in [1.54, 1.807) is 35.3 Å². The van der Waals surface area contributed by atoms with Crippen molar-refractivity contribution in [1.29, 1.82) is 0 Å². The first-order valence-electron chi connectivity index (χ1n) is 7.01. The summed E-state index contributed by atoms with van der Waals surface area (Å²) in [5.74, 6) is -1.44. The van der Waals surface area contributed by atoms with E-state index in [0.717, 1.165) is 0 Å². The summed E-state index contributed by atoms with van der Waals surface area (Å²) in [4.78, 5) is 28.9. The van der Waals surface area contributed by atoms with Crippen molar-refractivity contribution in [2.45, 2.75) is 26.3 Å². The number of carbonyl (C=O) groups excluding carboxylic acids is 1. The number of carboxylic acid groups (broad SMARTS) is 1. The van der Waals surface area contributed by atoms with Crippen molar-refractivity contribution in [3.05, 3.63) is 42.5 Å². The number of hydrogen-bond acceptors (Lipinski definition) is 4. The van der Waals surface area contributed by atoms with Gasteiger partial charge in [0.25, 0.3) is 5.91 Å². The topological polar surface area (TPSA) is 88.3 Å². The third kappa shape index (κ3) is 3.49. The molecular weight excluding hydrogens is 284 g/mol. The fraction of sp³-hybridized carbons (Fsp3) is 0.333. The molecule has 22 heavy (non-hydrogen) atoms. The van der Waals surface area contributed by atoms with Crippen LogP contribution in [0.2, 0.25) is 0 Å². The van der Waals surface area contributed by atoms with E-state index in [2.05, 4.69) is 10.1 Å². The quantitative estimate of drug-likeness (QED) is 0.875. The molecule has 1 N–H and O–H groups in total. The van der Waals surface area contributed by atoms with Gasteiger partial charge in [0.1, 0.15) is 12.2 Å². The van der Waals surface area contributed by atoms with Gasteiger partial charge in [-0.25, -0.2) is 4.68 Å². The Balaban J connectivity index is 2.30. The summed E-state index contributed by atoms with van der Waals surface area (Å²) in [6.07, 6.45) is 5.57. The number of nitrogens with zero attached hydrogens (tertiary/aromatic N) is 4. The van der Waals surface area contributed by atoms with E-state index in [1.807, 2.05) is 13.8 Å². The normalized spacial score (nSPS) is 11.9. The molecule has 0 saturated carbocycles. The molecular formula is C15H18N4O3. The standard InChI is InChI=1S/C15H18N4O3/c1-3-11(2)18(10-14(20)21)15(22)13-9-12(5-7-16-13)19-8-4-6-17-19/h4-9,11H,3,10H2,1-2H3,(H,20,21). The molecule has 116 valence electrons. The Morgan fingerprint density at radius 1 is 1.41 bits per heavy atom. The molecule has 0 fully saturated rings. The Morgan fingerprint density at radius 3 is 2.77 bits per heavy atom. The van der Waals surface area contributed by atoms with Gasteiger partial charge in [0.05, 0.1) is 5.69 Å². The molecule has 2 aromatic heterocycles. The lowest BCUT2D eigenvalue weighted by Crippen LogP contribution is -2.42. The minimum absolute atomic E-state index is 0.182. The van der Waals surface area contributed by atoms with Crippen LogP contribution in [0.1, 0.15) is 30.8 Å². The van der Waals surface area contributed by atoms with Crippen molar-refractivity contribution < 1.29 is 14.7 Å². The number of aromatic nitrogens is 3. The first kappa shape index (κ1) is 15.7. The molecule has 7 nitrogen and oxygen atoms in total. The van der Waals surface area contributed by atoms with Crippen LogP contribution in [0, 0.1) is 0 Å². The molecule has 0 aliphatic rings. The van der Waals surface area contributed by atoms with Crippen LogP contribution in [-0.2, 0) is 4.79 Å². The van der Waals surface area contributed by atoms with E-state index in [1.165, 1.54) is 11.1 Å². The molecule has 0 aliphatic carbocycles. The fourth-order valence-corrected chi connectivity index (χ4v) is 2.04. The van der Waals surface area contributed by atoms with Gasteiger partial charge in [-0.2, -0.15) is 5.10 Å². The molecule has 2 rings (SSSR count). The van der Waals surface area contributed by atoms with E-state index in [-0.39, 0.29) is 18.3 Å². The summed E-state index contributed by atoms with van der Waals surface area (Å²) in [6.45, 7) is 3.38. The molecule has 0 radical (unpaired) electrons. The summed E-state index contributed by atoms with van der Waals surface area (Å²) in [5, 5.41) is 13.1. The predicted molar refractivity (Wildman–Crippen MR) is 79.8 cm³/mol. The van der Waals surface area contributed by atoms with Gasteiger partial charge in [0.2, 0.25) is 0 Å². The van der Waals surface area contributed by atoms with Crippen LogP contribution in [0.15, 0.2) is 36.8 Å². The van der Waals surface area contributed by atoms with Gasteiger partial charge >= 0.3 is 5.97 Å². The van der Waals surface area contributed by atoms with Crippen molar-refractivity contribution >= 4 is 11.9 Å². The van der Waals surface area contributed by atoms with E-state index < -0.39 is 11.9 Å². The highest BCUT2D eigenvalue weighted by Gasteiger charge is 2.24. The maximum Gasteiger partial charge on any atom is 0.323 e. The molecule has 1 atom stereocenters. The minimum Gasteiger partial charge on any atom is -0.480 e. The molecule has 0 bridgehead atoms. The second kappa shape index (κ2) is 6.84. The summed E-state index contributed by atoms with van der Waals surface area (Å²) >= 11 is 0. The zero-order valence-corrected chi connectivity index (χ0v) is 12.5. The zero-order chi connectivity index (χ0) is 16.1. The average molecular weight is 302 g/mol. The molecule has 1 unspecified atom stereocenters. The molecule has 0 spiro atoms. The average Bonchev–Trinajstić information content (AvgIpc) is 3.05. The Kier molecular flexibility index (Phi) is 4.88. The van der Waals surface area contributed by atoms with Crippen molar-refractivity contribution in [1.82, 2.24) is 19.7 Å². The Morgan fingerprint density at radius 2 is 2.18 bits per heavy atom.